The van der Waals surface area contributed by atoms with E-state index in [9.17, 15) is 9.59 Å². The van der Waals surface area contributed by atoms with Crippen molar-refractivity contribution in [3.05, 3.63) is 23.8 Å². The van der Waals surface area contributed by atoms with Crippen LogP contribution < -0.4 is 16.4 Å². The highest BCUT2D eigenvalue weighted by atomic mass is 16.2. The molecule has 0 aliphatic heterocycles. The number of nitrogens with one attached hydrogen (secondary N) is 2. The minimum absolute atomic E-state index is 0.0465. The number of likely N-dealkylation sites (N-methyl/N-ethyl adjacent to an activating group) is 1. The lowest BCUT2D eigenvalue weighted by Crippen LogP contribution is -2.36. The summed E-state index contributed by atoms with van der Waals surface area (Å²) >= 11 is 0. The highest BCUT2D eigenvalue weighted by Gasteiger charge is 2.16. The quantitative estimate of drug-likeness (QED) is 0.692. The predicted molar refractivity (Wildman–Crippen MR) is 76.0 cm³/mol. The molecule has 6 nitrogen and oxygen atoms in total. The van der Waals surface area contributed by atoms with Crippen molar-refractivity contribution >= 4 is 23.2 Å². The lowest BCUT2D eigenvalue weighted by Gasteiger charge is -2.20. The van der Waals surface area contributed by atoms with Crippen molar-refractivity contribution in [3.63, 3.8) is 0 Å². The zero-order valence-electron chi connectivity index (χ0n) is 11.7. The van der Waals surface area contributed by atoms with Crippen molar-refractivity contribution in [2.45, 2.75) is 13.0 Å². The second-order valence-corrected chi connectivity index (χ2v) is 4.48. The summed E-state index contributed by atoms with van der Waals surface area (Å²) in [6, 6.07) is 4.54. The first-order chi connectivity index (χ1) is 8.86. The number of nitrogens with zero attached hydrogens (tertiary/aromatic N) is 1. The molecule has 0 aliphatic rings. The average Bonchev–Trinajstić information content (AvgIpc) is 2.38. The van der Waals surface area contributed by atoms with Crippen molar-refractivity contribution in [2.75, 3.05) is 32.2 Å². The fraction of sp³-hybridized carbons (Fsp3) is 0.385. The predicted octanol–water partition coefficient (Wildman–Crippen LogP) is 0.517. The number of nitrogen functional groups attached to an aromatic ring is 1. The van der Waals surface area contributed by atoms with Gasteiger partial charge in [0.25, 0.3) is 5.91 Å². The Morgan fingerprint density at radius 3 is 2.42 bits per heavy atom. The first-order valence-electron chi connectivity index (χ1n) is 5.96. The number of nitrogens with two attached hydrogens (primary N) is 1. The molecule has 0 aliphatic carbocycles. The van der Waals surface area contributed by atoms with E-state index in [1.54, 1.807) is 46.3 Å². The third kappa shape index (κ3) is 3.61. The molecule has 0 fully saturated rings. The van der Waals surface area contributed by atoms with E-state index >= 15 is 0 Å². The molecule has 1 rings (SSSR count). The van der Waals surface area contributed by atoms with Crippen molar-refractivity contribution in [1.82, 2.24) is 10.2 Å². The molecule has 6 heteroatoms. The standard InChI is InChI=1S/C13H20N4O2/c1-8(13(19)17(3)4)16-11-6-5-9(7-10(11)14)12(18)15-2/h5-8,16H,14H2,1-4H3,(H,15,18). The molecule has 0 saturated heterocycles. The molecule has 2 amide bonds. The SMILES string of the molecule is CNC(=O)c1ccc(NC(C)C(=O)N(C)C)c(N)c1. The Bertz CT molecular complexity index is 486. The maximum Gasteiger partial charge on any atom is 0.251 e. The number of carbonyl (C=O) groups excluding carboxylic acids is 2. The molecule has 0 saturated carbocycles. The molecule has 0 spiro atoms. The highest BCUT2D eigenvalue weighted by molar-refractivity contribution is 5.96. The molecule has 0 bridgehead atoms. The van der Waals surface area contributed by atoms with Gasteiger partial charge in [0.1, 0.15) is 6.04 Å². The summed E-state index contributed by atoms with van der Waals surface area (Å²) in [5.74, 6) is -0.245. The Morgan fingerprint density at radius 2 is 1.95 bits per heavy atom. The van der Waals surface area contributed by atoms with Gasteiger partial charge in [-0.3, -0.25) is 9.59 Å². The van der Waals surface area contributed by atoms with E-state index in [1.807, 2.05) is 0 Å². The lowest BCUT2D eigenvalue weighted by molar-refractivity contribution is -0.129. The molecule has 19 heavy (non-hydrogen) atoms. The number of hydrogen-bond donors (Lipinski definition) is 3. The van der Waals surface area contributed by atoms with Crippen molar-refractivity contribution < 1.29 is 9.59 Å². The molecule has 1 aromatic carbocycles. The summed E-state index contributed by atoms with van der Waals surface area (Å²) < 4.78 is 0. The van der Waals surface area contributed by atoms with Gasteiger partial charge in [0.15, 0.2) is 0 Å². The Morgan fingerprint density at radius 1 is 1.32 bits per heavy atom. The monoisotopic (exact) mass is 264 g/mol. The van der Waals surface area contributed by atoms with Crippen molar-refractivity contribution in [2.24, 2.45) is 0 Å². The second kappa shape index (κ2) is 6.08. The highest BCUT2D eigenvalue weighted by Crippen LogP contribution is 2.21. The van der Waals surface area contributed by atoms with Crippen LogP contribution in [0, 0.1) is 0 Å². The van der Waals surface area contributed by atoms with Gasteiger partial charge in [-0.05, 0) is 25.1 Å². The van der Waals surface area contributed by atoms with E-state index in [0.717, 1.165) is 0 Å². The smallest absolute Gasteiger partial charge is 0.251 e. The molecule has 0 heterocycles. The lowest BCUT2D eigenvalue weighted by atomic mass is 10.1. The van der Waals surface area contributed by atoms with Gasteiger partial charge in [-0.2, -0.15) is 0 Å². The minimum atomic E-state index is -0.386. The van der Waals surface area contributed by atoms with Crippen LogP contribution in [-0.2, 0) is 4.79 Å². The molecule has 0 radical (unpaired) electrons. The van der Waals surface area contributed by atoms with Crippen LogP contribution in [0.1, 0.15) is 17.3 Å². The van der Waals surface area contributed by atoms with Crippen molar-refractivity contribution in [1.29, 1.82) is 0 Å². The van der Waals surface area contributed by atoms with Crippen LogP contribution in [0.25, 0.3) is 0 Å². The number of rotatable bonds is 4. The van der Waals surface area contributed by atoms with Gasteiger partial charge < -0.3 is 21.3 Å². The summed E-state index contributed by atoms with van der Waals surface area (Å²) in [4.78, 5) is 24.7. The average molecular weight is 264 g/mol. The number of amides is 2. The van der Waals surface area contributed by atoms with Crippen LogP contribution in [0.3, 0.4) is 0 Å². The van der Waals surface area contributed by atoms with Gasteiger partial charge in [0.2, 0.25) is 5.91 Å². The van der Waals surface area contributed by atoms with Crippen LogP contribution in [0.15, 0.2) is 18.2 Å². The van der Waals surface area contributed by atoms with E-state index in [4.69, 9.17) is 5.73 Å². The van der Waals surface area contributed by atoms with Crippen LogP contribution in [0.5, 0.6) is 0 Å². The van der Waals surface area contributed by atoms with Gasteiger partial charge in [-0.25, -0.2) is 0 Å². The largest absolute Gasteiger partial charge is 0.397 e. The summed E-state index contributed by atoms with van der Waals surface area (Å²) in [5, 5.41) is 5.55. The molecule has 104 valence electrons. The number of benzene rings is 1. The van der Waals surface area contributed by atoms with Gasteiger partial charge in [0.05, 0.1) is 11.4 Å². The van der Waals surface area contributed by atoms with E-state index in [1.165, 1.54) is 4.90 Å². The third-order valence-electron chi connectivity index (χ3n) is 2.72. The molecule has 1 aromatic rings. The molecule has 4 N–H and O–H groups in total. The van der Waals surface area contributed by atoms with E-state index in [0.29, 0.717) is 16.9 Å². The first kappa shape index (κ1) is 14.8. The fourth-order valence-corrected chi connectivity index (χ4v) is 1.66. The fourth-order valence-electron chi connectivity index (χ4n) is 1.66. The Hall–Kier alpha value is -2.24. The summed E-state index contributed by atoms with van der Waals surface area (Å²) in [6.45, 7) is 1.76. The van der Waals surface area contributed by atoms with Crippen LogP contribution in [-0.4, -0.2) is 43.9 Å². The maximum atomic E-state index is 11.7. The van der Waals surface area contributed by atoms with Gasteiger partial charge in [0, 0.05) is 26.7 Å². The van der Waals surface area contributed by atoms with Gasteiger partial charge >= 0.3 is 0 Å². The zero-order valence-corrected chi connectivity index (χ0v) is 11.7. The van der Waals surface area contributed by atoms with E-state index < -0.39 is 0 Å². The molecule has 0 aromatic heterocycles. The Balaban J connectivity index is 2.86. The van der Waals surface area contributed by atoms with Gasteiger partial charge in [-0.1, -0.05) is 0 Å². The zero-order chi connectivity index (χ0) is 14.6. The number of anilines is 2. The normalized spacial score (nSPS) is 11.6. The van der Waals surface area contributed by atoms with E-state index in [-0.39, 0.29) is 17.9 Å². The van der Waals surface area contributed by atoms with Crippen LogP contribution in [0.2, 0.25) is 0 Å². The van der Waals surface area contributed by atoms with E-state index in [2.05, 4.69) is 10.6 Å². The molecule has 1 atom stereocenters. The summed E-state index contributed by atoms with van der Waals surface area (Å²) in [7, 11) is 4.94. The van der Waals surface area contributed by atoms with Gasteiger partial charge in [-0.15, -0.1) is 0 Å². The molecule has 1 unspecified atom stereocenters. The second-order valence-electron chi connectivity index (χ2n) is 4.48. The number of hydrogen-bond acceptors (Lipinski definition) is 4. The third-order valence-corrected chi connectivity index (χ3v) is 2.72. The van der Waals surface area contributed by atoms with Crippen molar-refractivity contribution in [3.8, 4) is 0 Å². The summed E-state index contributed by atoms with van der Waals surface area (Å²) in [5.41, 5.74) is 7.42. The number of carbonyl (C=O) groups is 2. The minimum Gasteiger partial charge on any atom is -0.397 e. The maximum absolute atomic E-state index is 11.7. The molecular formula is C13H20N4O2. The molecular weight excluding hydrogens is 244 g/mol. The van der Waals surface area contributed by atoms with Crippen LogP contribution in [0.4, 0.5) is 11.4 Å². The van der Waals surface area contributed by atoms with Crippen LogP contribution >= 0.6 is 0 Å². The Labute approximate surface area is 113 Å². The first-order valence-corrected chi connectivity index (χ1v) is 5.96. The Kier molecular flexibility index (Phi) is 4.74. The summed E-state index contributed by atoms with van der Waals surface area (Å²) in [6.07, 6.45) is 0. The topological polar surface area (TPSA) is 87.5 Å².